The van der Waals surface area contributed by atoms with Crippen molar-refractivity contribution in [1.82, 2.24) is 14.9 Å². The molecule has 3 rings (SSSR count). The maximum absolute atomic E-state index is 12.1. The number of hydrogen-bond donors (Lipinski definition) is 1. The average molecular weight is 345 g/mol. The number of rotatable bonds is 8. The molecule has 1 N–H and O–H groups in total. The lowest BCUT2D eigenvalue weighted by Gasteiger charge is -2.07. The summed E-state index contributed by atoms with van der Waals surface area (Å²) in [5, 5.41) is 2.74. The molecule has 1 saturated carbocycles. The zero-order valence-electron chi connectivity index (χ0n) is 14.5. The van der Waals surface area contributed by atoms with E-state index in [1.165, 1.54) is 4.57 Å². The molecule has 1 aliphatic carbocycles. The fourth-order valence-corrected chi connectivity index (χ4v) is 2.41. The molecule has 134 valence electrons. The number of furan rings is 1. The Morgan fingerprint density at radius 1 is 1.44 bits per heavy atom. The van der Waals surface area contributed by atoms with Gasteiger partial charge in [0.05, 0.1) is 18.1 Å². The highest BCUT2D eigenvalue weighted by Gasteiger charge is 2.25. The molecule has 2 aromatic rings. The van der Waals surface area contributed by atoms with Gasteiger partial charge in [0, 0.05) is 25.1 Å². The Morgan fingerprint density at radius 3 is 2.92 bits per heavy atom. The van der Waals surface area contributed by atoms with Gasteiger partial charge in [0.1, 0.15) is 12.4 Å². The number of amides is 1. The predicted molar refractivity (Wildman–Crippen MR) is 91.4 cm³/mol. The van der Waals surface area contributed by atoms with Crippen LogP contribution in [0.4, 0.5) is 0 Å². The van der Waals surface area contributed by atoms with Crippen molar-refractivity contribution in [2.45, 2.75) is 51.9 Å². The molecule has 2 heterocycles. The van der Waals surface area contributed by atoms with Crippen LogP contribution >= 0.6 is 0 Å². The molecule has 0 bridgehead atoms. The van der Waals surface area contributed by atoms with E-state index in [-0.39, 0.29) is 23.3 Å². The first-order valence-corrected chi connectivity index (χ1v) is 8.58. The second kappa shape index (κ2) is 7.65. The molecule has 1 aliphatic rings. The summed E-state index contributed by atoms with van der Waals surface area (Å²) in [6, 6.07) is 4.93. The van der Waals surface area contributed by atoms with Crippen molar-refractivity contribution in [1.29, 1.82) is 0 Å². The topological polar surface area (TPSA) is 86.4 Å². The molecular formula is C18H23N3O4. The molecule has 7 nitrogen and oxygen atoms in total. The number of carbonyl (C=O) groups is 1. The Hall–Kier alpha value is -2.41. The van der Waals surface area contributed by atoms with Gasteiger partial charge in [-0.25, -0.2) is 4.98 Å². The van der Waals surface area contributed by atoms with E-state index in [0.29, 0.717) is 31.4 Å². The number of hydrogen-bond acceptors (Lipinski definition) is 5. The summed E-state index contributed by atoms with van der Waals surface area (Å²) in [6.45, 7) is 4.89. The largest absolute Gasteiger partial charge is 0.453 e. The molecule has 0 radical (unpaired) electrons. The van der Waals surface area contributed by atoms with Gasteiger partial charge in [0.2, 0.25) is 0 Å². The second-order valence-electron chi connectivity index (χ2n) is 6.50. The number of carbonyl (C=O) groups excluding carboxylic acids is 1. The Kier molecular flexibility index (Phi) is 5.33. The highest BCUT2D eigenvalue weighted by Crippen LogP contribution is 2.38. The van der Waals surface area contributed by atoms with Gasteiger partial charge in [-0.05, 0) is 38.8 Å². The van der Waals surface area contributed by atoms with E-state index in [0.717, 1.165) is 18.5 Å². The highest BCUT2D eigenvalue weighted by atomic mass is 16.5. The van der Waals surface area contributed by atoms with Gasteiger partial charge < -0.3 is 14.5 Å². The predicted octanol–water partition coefficient (Wildman–Crippen LogP) is 2.07. The number of nitrogens with one attached hydrogen (secondary N) is 1. The molecular weight excluding hydrogens is 322 g/mol. The minimum absolute atomic E-state index is 0.0859. The summed E-state index contributed by atoms with van der Waals surface area (Å²) in [5.74, 6) is 0.980. The van der Waals surface area contributed by atoms with E-state index < -0.39 is 0 Å². The zero-order valence-corrected chi connectivity index (χ0v) is 14.5. The van der Waals surface area contributed by atoms with Crippen molar-refractivity contribution in [2.24, 2.45) is 0 Å². The first-order valence-electron chi connectivity index (χ1n) is 8.58. The van der Waals surface area contributed by atoms with Crippen molar-refractivity contribution >= 4 is 5.91 Å². The first kappa shape index (κ1) is 17.4. The smallest absolute Gasteiger partial charge is 0.287 e. The van der Waals surface area contributed by atoms with Gasteiger partial charge >= 0.3 is 0 Å². The lowest BCUT2D eigenvalue weighted by atomic mass is 10.3. The molecule has 1 amide bonds. The van der Waals surface area contributed by atoms with Crippen LogP contribution in [0.2, 0.25) is 0 Å². The van der Waals surface area contributed by atoms with E-state index in [9.17, 15) is 9.59 Å². The van der Waals surface area contributed by atoms with Gasteiger partial charge in [-0.2, -0.15) is 0 Å². The number of nitrogens with zero attached hydrogens (tertiary/aromatic N) is 2. The molecule has 0 saturated heterocycles. The van der Waals surface area contributed by atoms with Gasteiger partial charge in [0.15, 0.2) is 5.76 Å². The van der Waals surface area contributed by atoms with Gasteiger partial charge in [-0.15, -0.1) is 0 Å². The third-order valence-corrected chi connectivity index (χ3v) is 3.98. The van der Waals surface area contributed by atoms with Gasteiger partial charge in [0.25, 0.3) is 11.5 Å². The number of ether oxygens (including phenoxy) is 1. The number of aromatic nitrogens is 2. The highest BCUT2D eigenvalue weighted by molar-refractivity contribution is 5.91. The normalized spacial score (nSPS) is 14.0. The lowest BCUT2D eigenvalue weighted by Crippen LogP contribution is -2.30. The summed E-state index contributed by atoms with van der Waals surface area (Å²) in [4.78, 5) is 28.4. The van der Waals surface area contributed by atoms with Crippen LogP contribution in [0.5, 0.6) is 0 Å². The van der Waals surface area contributed by atoms with Crippen molar-refractivity contribution in [3.05, 3.63) is 52.1 Å². The summed E-state index contributed by atoms with van der Waals surface area (Å²) in [7, 11) is 0. The summed E-state index contributed by atoms with van der Waals surface area (Å²) < 4.78 is 12.4. The molecule has 0 aliphatic heterocycles. The third-order valence-electron chi connectivity index (χ3n) is 3.98. The maximum Gasteiger partial charge on any atom is 0.287 e. The Labute approximate surface area is 146 Å². The van der Waals surface area contributed by atoms with Gasteiger partial charge in [-0.3, -0.25) is 14.2 Å². The van der Waals surface area contributed by atoms with Crippen LogP contribution in [0.15, 0.2) is 33.7 Å². The van der Waals surface area contributed by atoms with E-state index in [4.69, 9.17) is 9.15 Å². The van der Waals surface area contributed by atoms with Crippen LogP contribution in [-0.4, -0.2) is 28.1 Å². The Balaban J connectivity index is 1.48. The van der Waals surface area contributed by atoms with Crippen molar-refractivity contribution in [3.8, 4) is 0 Å². The molecule has 0 spiro atoms. The van der Waals surface area contributed by atoms with Crippen molar-refractivity contribution in [3.63, 3.8) is 0 Å². The lowest BCUT2D eigenvalue weighted by molar-refractivity contribution is 0.0535. The minimum Gasteiger partial charge on any atom is -0.453 e. The quantitative estimate of drug-likeness (QED) is 0.791. The van der Waals surface area contributed by atoms with Crippen LogP contribution in [0.1, 0.15) is 54.6 Å². The summed E-state index contributed by atoms with van der Waals surface area (Å²) in [5.41, 5.74) is 0.786. The molecule has 0 atom stereocenters. The third kappa shape index (κ3) is 4.79. The van der Waals surface area contributed by atoms with Crippen LogP contribution in [0.3, 0.4) is 0 Å². The second-order valence-corrected chi connectivity index (χ2v) is 6.50. The van der Waals surface area contributed by atoms with Crippen LogP contribution in [-0.2, 0) is 17.9 Å². The molecule has 2 aromatic heterocycles. The molecule has 7 heteroatoms. The van der Waals surface area contributed by atoms with Crippen LogP contribution < -0.4 is 10.9 Å². The molecule has 25 heavy (non-hydrogen) atoms. The molecule has 0 aromatic carbocycles. The average Bonchev–Trinajstić information content (AvgIpc) is 3.32. The molecule has 1 fully saturated rings. The minimum atomic E-state index is -0.314. The van der Waals surface area contributed by atoms with E-state index >= 15 is 0 Å². The van der Waals surface area contributed by atoms with Crippen LogP contribution in [0.25, 0.3) is 0 Å². The first-order chi connectivity index (χ1) is 12.0. The Bertz CT molecular complexity index is 790. The van der Waals surface area contributed by atoms with Crippen molar-refractivity contribution < 1.29 is 13.9 Å². The van der Waals surface area contributed by atoms with E-state index in [2.05, 4.69) is 10.3 Å². The monoisotopic (exact) mass is 345 g/mol. The summed E-state index contributed by atoms with van der Waals surface area (Å²) >= 11 is 0. The standard InChI is InChI=1S/C18H23N3O4/c1-12(2)24-10-14-5-6-16(25-14)18(23)19-7-8-21-11-20-15(9-17(21)22)13-3-4-13/h5-6,9,11-13H,3-4,7-8,10H2,1-2H3,(H,19,23). The zero-order chi connectivity index (χ0) is 17.8. The SMILES string of the molecule is CC(C)OCc1ccc(C(=O)NCCn2cnc(C3CC3)cc2=O)o1. The van der Waals surface area contributed by atoms with E-state index in [1.807, 2.05) is 13.8 Å². The fourth-order valence-electron chi connectivity index (χ4n) is 2.41. The van der Waals surface area contributed by atoms with Gasteiger partial charge in [-0.1, -0.05) is 0 Å². The Morgan fingerprint density at radius 2 is 2.24 bits per heavy atom. The summed E-state index contributed by atoms with van der Waals surface area (Å²) in [6.07, 6.45) is 3.87. The van der Waals surface area contributed by atoms with Crippen LogP contribution in [0, 0.1) is 0 Å². The fraction of sp³-hybridized carbons (Fsp3) is 0.500. The van der Waals surface area contributed by atoms with E-state index in [1.54, 1.807) is 24.5 Å². The van der Waals surface area contributed by atoms with Crippen molar-refractivity contribution in [2.75, 3.05) is 6.54 Å². The molecule has 0 unspecified atom stereocenters. The maximum atomic E-state index is 12.1.